The standard InChI is InChI=1S/C12H21N.HI/c1-13(2)12-7-3-4-11(12)9-5-6-10(12)8-9;/h9-11H,3-8H2,1-2H3;1H/t9-,10-,11+,12+;/m0./s1. The van der Waals surface area contributed by atoms with Crippen molar-refractivity contribution in [2.75, 3.05) is 14.1 Å². The Balaban J connectivity index is 0.000000750. The van der Waals surface area contributed by atoms with Gasteiger partial charge in [0.2, 0.25) is 0 Å². The molecule has 0 aliphatic heterocycles. The number of nitrogens with zero attached hydrogens (tertiary/aromatic N) is 1. The maximum atomic E-state index is 2.58. The average Bonchev–Trinajstić information content (AvgIpc) is 2.76. The van der Waals surface area contributed by atoms with Gasteiger partial charge in [-0.25, -0.2) is 0 Å². The van der Waals surface area contributed by atoms with Gasteiger partial charge in [0.15, 0.2) is 0 Å². The normalized spacial score (nSPS) is 49.5. The van der Waals surface area contributed by atoms with Gasteiger partial charge in [-0.3, -0.25) is 0 Å². The number of fused-ring (bicyclic) bond motifs is 5. The smallest absolute Gasteiger partial charge is 0.0262 e. The van der Waals surface area contributed by atoms with E-state index in [2.05, 4.69) is 19.0 Å². The molecule has 3 fully saturated rings. The molecule has 14 heavy (non-hydrogen) atoms. The molecule has 0 aromatic heterocycles. The molecular formula is C12H22IN. The third-order valence-electron chi connectivity index (χ3n) is 5.32. The van der Waals surface area contributed by atoms with Crippen LogP contribution in [0.25, 0.3) is 0 Å². The molecule has 4 atom stereocenters. The third-order valence-corrected chi connectivity index (χ3v) is 5.32. The van der Waals surface area contributed by atoms with Gasteiger partial charge < -0.3 is 4.90 Å². The van der Waals surface area contributed by atoms with Crippen molar-refractivity contribution in [3.05, 3.63) is 0 Å². The minimum absolute atomic E-state index is 0. The molecule has 3 aliphatic carbocycles. The van der Waals surface area contributed by atoms with Gasteiger partial charge in [0, 0.05) is 5.54 Å². The van der Waals surface area contributed by atoms with E-state index in [1.54, 1.807) is 12.8 Å². The number of hydrogen-bond donors (Lipinski definition) is 0. The Morgan fingerprint density at radius 1 is 1.14 bits per heavy atom. The zero-order chi connectivity index (χ0) is 9.05. The van der Waals surface area contributed by atoms with Gasteiger partial charge in [0.25, 0.3) is 0 Å². The van der Waals surface area contributed by atoms with Gasteiger partial charge in [-0.1, -0.05) is 6.42 Å². The van der Waals surface area contributed by atoms with E-state index in [4.69, 9.17) is 0 Å². The predicted octanol–water partition coefficient (Wildman–Crippen LogP) is 3.13. The first-order valence-corrected chi connectivity index (χ1v) is 5.92. The number of rotatable bonds is 1. The number of halogens is 1. The van der Waals surface area contributed by atoms with Gasteiger partial charge in [-0.15, -0.1) is 24.0 Å². The second kappa shape index (κ2) is 3.62. The Kier molecular flexibility index (Phi) is 2.89. The van der Waals surface area contributed by atoms with E-state index in [0.29, 0.717) is 5.54 Å². The van der Waals surface area contributed by atoms with Crippen molar-refractivity contribution < 1.29 is 0 Å². The molecule has 1 nitrogen and oxygen atoms in total. The second-order valence-corrected chi connectivity index (χ2v) is 5.65. The van der Waals surface area contributed by atoms with E-state index in [1.807, 2.05) is 0 Å². The molecule has 0 amide bonds. The largest absolute Gasteiger partial charge is 0.303 e. The van der Waals surface area contributed by atoms with Crippen LogP contribution in [0.2, 0.25) is 0 Å². The van der Waals surface area contributed by atoms with E-state index >= 15 is 0 Å². The summed E-state index contributed by atoms with van der Waals surface area (Å²) in [5, 5.41) is 0. The molecular weight excluding hydrogens is 285 g/mol. The summed E-state index contributed by atoms with van der Waals surface area (Å²) in [4.78, 5) is 2.58. The Hall–Kier alpha value is 0.690. The molecule has 2 heteroatoms. The first-order valence-electron chi connectivity index (χ1n) is 5.92. The molecule has 0 unspecified atom stereocenters. The summed E-state index contributed by atoms with van der Waals surface area (Å²) < 4.78 is 0. The van der Waals surface area contributed by atoms with Gasteiger partial charge in [-0.05, 0) is 64.0 Å². The highest BCUT2D eigenvalue weighted by Crippen LogP contribution is 2.62. The fourth-order valence-corrected chi connectivity index (χ4v) is 4.95. The molecule has 0 heterocycles. The molecule has 82 valence electrons. The molecule has 0 N–H and O–H groups in total. The highest BCUT2D eigenvalue weighted by atomic mass is 127. The SMILES string of the molecule is CN(C)[C@@]12CCC[C@@H]1[C@H]1CC[C@H]2C1.I. The first kappa shape index (κ1) is 11.2. The molecule has 3 rings (SSSR count). The van der Waals surface area contributed by atoms with E-state index < -0.39 is 0 Å². The fourth-order valence-electron chi connectivity index (χ4n) is 4.95. The van der Waals surface area contributed by atoms with Crippen LogP contribution in [0.1, 0.15) is 38.5 Å². The van der Waals surface area contributed by atoms with Crippen molar-refractivity contribution in [2.24, 2.45) is 17.8 Å². The minimum atomic E-state index is 0. The zero-order valence-corrected chi connectivity index (χ0v) is 11.7. The lowest BCUT2D eigenvalue weighted by atomic mass is 9.74. The van der Waals surface area contributed by atoms with Crippen molar-refractivity contribution in [1.29, 1.82) is 0 Å². The lowest BCUT2D eigenvalue weighted by Gasteiger charge is -2.45. The van der Waals surface area contributed by atoms with Gasteiger partial charge in [0.1, 0.15) is 0 Å². The molecule has 0 spiro atoms. The zero-order valence-electron chi connectivity index (χ0n) is 9.33. The maximum Gasteiger partial charge on any atom is 0.0262 e. The predicted molar refractivity (Wildman–Crippen MR) is 70.0 cm³/mol. The van der Waals surface area contributed by atoms with Crippen LogP contribution in [0, 0.1) is 17.8 Å². The van der Waals surface area contributed by atoms with Crippen LogP contribution in [0.3, 0.4) is 0 Å². The van der Waals surface area contributed by atoms with E-state index in [1.165, 1.54) is 25.7 Å². The second-order valence-electron chi connectivity index (χ2n) is 5.65. The molecule has 3 aliphatic rings. The number of hydrogen-bond acceptors (Lipinski definition) is 1. The van der Waals surface area contributed by atoms with Crippen LogP contribution in [0.4, 0.5) is 0 Å². The quantitative estimate of drug-likeness (QED) is 0.673. The van der Waals surface area contributed by atoms with Gasteiger partial charge >= 0.3 is 0 Å². The van der Waals surface area contributed by atoms with Crippen LogP contribution < -0.4 is 0 Å². The molecule has 3 saturated carbocycles. The summed E-state index contributed by atoms with van der Waals surface area (Å²) in [7, 11) is 4.64. The van der Waals surface area contributed by atoms with Crippen molar-refractivity contribution >= 4 is 24.0 Å². The van der Waals surface area contributed by atoms with E-state index in [9.17, 15) is 0 Å². The Bertz CT molecular complexity index is 228. The first-order chi connectivity index (χ1) is 6.25. The van der Waals surface area contributed by atoms with Crippen LogP contribution in [-0.2, 0) is 0 Å². The van der Waals surface area contributed by atoms with E-state index in [0.717, 1.165) is 17.8 Å². The van der Waals surface area contributed by atoms with Crippen LogP contribution >= 0.6 is 24.0 Å². The fraction of sp³-hybridized carbons (Fsp3) is 1.00. The van der Waals surface area contributed by atoms with Crippen LogP contribution in [0.15, 0.2) is 0 Å². The maximum absolute atomic E-state index is 2.58. The topological polar surface area (TPSA) is 3.24 Å². The lowest BCUT2D eigenvalue weighted by Crippen LogP contribution is -2.51. The Morgan fingerprint density at radius 3 is 2.57 bits per heavy atom. The molecule has 0 aromatic carbocycles. The summed E-state index contributed by atoms with van der Waals surface area (Å²) in [5.74, 6) is 3.23. The van der Waals surface area contributed by atoms with Crippen molar-refractivity contribution in [1.82, 2.24) is 4.90 Å². The summed E-state index contributed by atoms with van der Waals surface area (Å²) in [6.07, 6.45) is 9.15. The third kappa shape index (κ3) is 1.16. The van der Waals surface area contributed by atoms with Crippen molar-refractivity contribution in [3.63, 3.8) is 0 Å². The van der Waals surface area contributed by atoms with Gasteiger partial charge in [-0.2, -0.15) is 0 Å². The van der Waals surface area contributed by atoms with Crippen LogP contribution in [0.5, 0.6) is 0 Å². The molecule has 0 radical (unpaired) electrons. The highest BCUT2D eigenvalue weighted by molar-refractivity contribution is 14.0. The van der Waals surface area contributed by atoms with E-state index in [-0.39, 0.29) is 24.0 Å². The molecule has 0 saturated heterocycles. The lowest BCUT2D eigenvalue weighted by molar-refractivity contribution is 0.0487. The average molecular weight is 307 g/mol. The summed E-state index contributed by atoms with van der Waals surface area (Å²) in [6.45, 7) is 0. The van der Waals surface area contributed by atoms with Crippen LogP contribution in [-0.4, -0.2) is 24.5 Å². The van der Waals surface area contributed by atoms with Crippen molar-refractivity contribution in [3.8, 4) is 0 Å². The summed E-state index contributed by atoms with van der Waals surface area (Å²) in [5.41, 5.74) is 0.656. The molecule has 0 aromatic rings. The summed E-state index contributed by atoms with van der Waals surface area (Å²) >= 11 is 0. The Morgan fingerprint density at radius 2 is 1.93 bits per heavy atom. The monoisotopic (exact) mass is 307 g/mol. The minimum Gasteiger partial charge on any atom is -0.303 e. The Labute approximate surface area is 105 Å². The van der Waals surface area contributed by atoms with Gasteiger partial charge in [0.05, 0.1) is 0 Å². The summed E-state index contributed by atoms with van der Waals surface area (Å²) in [6, 6.07) is 0. The molecule has 2 bridgehead atoms. The van der Waals surface area contributed by atoms with Crippen molar-refractivity contribution in [2.45, 2.75) is 44.1 Å². The highest BCUT2D eigenvalue weighted by Gasteiger charge is 2.60.